The Bertz CT molecular complexity index is 840. The summed E-state index contributed by atoms with van der Waals surface area (Å²) < 4.78 is 15.5. The van der Waals surface area contributed by atoms with Gasteiger partial charge in [0.05, 0.1) is 26.6 Å². The van der Waals surface area contributed by atoms with E-state index in [1.807, 2.05) is 30.1 Å². The lowest BCUT2D eigenvalue weighted by Gasteiger charge is -2.19. The molecule has 0 atom stereocenters. The van der Waals surface area contributed by atoms with Gasteiger partial charge in [-0.2, -0.15) is 0 Å². The van der Waals surface area contributed by atoms with E-state index in [0.29, 0.717) is 47.3 Å². The van der Waals surface area contributed by atoms with E-state index in [0.717, 1.165) is 12.0 Å². The summed E-state index contributed by atoms with van der Waals surface area (Å²) in [5.41, 5.74) is 1.11. The van der Waals surface area contributed by atoms with Gasteiger partial charge in [-0.05, 0) is 24.1 Å². The van der Waals surface area contributed by atoms with Gasteiger partial charge in [0, 0.05) is 33.3 Å². The van der Waals surface area contributed by atoms with Crippen molar-refractivity contribution >= 4 is 35.1 Å². The highest BCUT2D eigenvalue weighted by atomic mass is 35.5. The average Bonchev–Trinajstić information content (AvgIpc) is 2.75. The molecule has 8 nitrogen and oxygen atoms in total. The summed E-state index contributed by atoms with van der Waals surface area (Å²) in [5, 5.41) is 3.55. The maximum Gasteiger partial charge on any atom is 0.230 e. The minimum atomic E-state index is -0.107. The number of thioether (sulfide) groups is 1. The minimum absolute atomic E-state index is 0.107. The second-order valence-corrected chi connectivity index (χ2v) is 7.65. The Morgan fingerprint density at radius 3 is 2.63 bits per heavy atom. The van der Waals surface area contributed by atoms with Crippen molar-refractivity contribution in [3.63, 3.8) is 0 Å². The lowest BCUT2D eigenvalue weighted by atomic mass is 10.1. The molecule has 2 rings (SSSR count). The molecule has 30 heavy (non-hydrogen) atoms. The van der Waals surface area contributed by atoms with Crippen molar-refractivity contribution in [1.82, 2.24) is 15.3 Å². The van der Waals surface area contributed by atoms with Crippen LogP contribution < -0.4 is 19.7 Å². The summed E-state index contributed by atoms with van der Waals surface area (Å²) in [6.07, 6.45) is 0.781. The zero-order valence-electron chi connectivity index (χ0n) is 17.6. The number of aromatic nitrogens is 2. The van der Waals surface area contributed by atoms with Crippen LogP contribution in [0.1, 0.15) is 5.56 Å². The van der Waals surface area contributed by atoms with E-state index < -0.39 is 0 Å². The summed E-state index contributed by atoms with van der Waals surface area (Å²) in [6, 6.07) is 7.57. The van der Waals surface area contributed by atoms with Gasteiger partial charge < -0.3 is 24.4 Å². The normalized spacial score (nSPS) is 10.6. The van der Waals surface area contributed by atoms with Gasteiger partial charge >= 0.3 is 0 Å². The van der Waals surface area contributed by atoms with E-state index in [2.05, 4.69) is 15.3 Å². The van der Waals surface area contributed by atoms with Crippen molar-refractivity contribution in [2.24, 2.45) is 0 Å². The second kappa shape index (κ2) is 12.5. The first kappa shape index (κ1) is 24.0. The van der Waals surface area contributed by atoms with E-state index in [1.165, 1.54) is 11.8 Å². The highest BCUT2D eigenvalue weighted by Gasteiger charge is 2.11. The number of rotatable bonds is 12. The van der Waals surface area contributed by atoms with Crippen LogP contribution in [0, 0.1) is 0 Å². The van der Waals surface area contributed by atoms with Crippen molar-refractivity contribution in [3.05, 3.63) is 35.0 Å². The van der Waals surface area contributed by atoms with Crippen LogP contribution in [0.5, 0.6) is 11.5 Å². The summed E-state index contributed by atoms with van der Waals surface area (Å²) >= 11 is 7.40. The third-order valence-electron chi connectivity index (χ3n) is 4.20. The van der Waals surface area contributed by atoms with Crippen LogP contribution in [0.25, 0.3) is 0 Å². The lowest BCUT2D eigenvalue weighted by molar-refractivity contribution is -0.118. The van der Waals surface area contributed by atoms with E-state index in [4.69, 9.17) is 25.8 Å². The summed E-state index contributed by atoms with van der Waals surface area (Å²) in [7, 11) is 6.76. The second-order valence-electron chi connectivity index (χ2n) is 6.32. The zero-order chi connectivity index (χ0) is 21.9. The Labute approximate surface area is 186 Å². The predicted molar refractivity (Wildman–Crippen MR) is 119 cm³/mol. The average molecular weight is 455 g/mol. The van der Waals surface area contributed by atoms with Crippen molar-refractivity contribution in [2.75, 3.05) is 58.7 Å². The van der Waals surface area contributed by atoms with Crippen molar-refractivity contribution in [3.8, 4) is 11.5 Å². The van der Waals surface area contributed by atoms with Gasteiger partial charge in [0.25, 0.3) is 0 Å². The van der Waals surface area contributed by atoms with Gasteiger partial charge in [-0.25, -0.2) is 9.97 Å². The molecule has 10 heteroatoms. The smallest absolute Gasteiger partial charge is 0.230 e. The third kappa shape index (κ3) is 7.55. The Balaban J connectivity index is 1.95. The number of ether oxygens (including phenoxy) is 3. The fourth-order valence-corrected chi connectivity index (χ4v) is 3.48. The van der Waals surface area contributed by atoms with Crippen LogP contribution in [0.2, 0.25) is 5.15 Å². The number of carbonyl (C=O) groups is 1. The highest BCUT2D eigenvalue weighted by Crippen LogP contribution is 2.28. The maximum absolute atomic E-state index is 11.8. The third-order valence-corrected chi connectivity index (χ3v) is 5.24. The first-order valence-corrected chi connectivity index (χ1v) is 10.7. The molecule has 0 bridgehead atoms. The molecule has 0 saturated heterocycles. The monoisotopic (exact) mass is 454 g/mol. The molecule has 0 unspecified atom stereocenters. The first-order chi connectivity index (χ1) is 14.5. The summed E-state index contributed by atoms with van der Waals surface area (Å²) in [6.45, 7) is 1.65. The van der Waals surface area contributed by atoms with Crippen LogP contribution in [-0.4, -0.2) is 69.7 Å². The number of hydrogen-bond acceptors (Lipinski definition) is 8. The van der Waals surface area contributed by atoms with Gasteiger partial charge in [-0.1, -0.05) is 29.4 Å². The van der Waals surface area contributed by atoms with Crippen LogP contribution in [-0.2, 0) is 16.0 Å². The van der Waals surface area contributed by atoms with Crippen LogP contribution in [0.3, 0.4) is 0 Å². The molecule has 1 aromatic carbocycles. The first-order valence-electron chi connectivity index (χ1n) is 9.32. The molecule has 0 aliphatic carbocycles. The lowest BCUT2D eigenvalue weighted by Crippen LogP contribution is -2.28. The Kier molecular flexibility index (Phi) is 9.99. The fraction of sp³-hybridized carbons (Fsp3) is 0.450. The van der Waals surface area contributed by atoms with Crippen LogP contribution in [0.15, 0.2) is 29.4 Å². The quantitative estimate of drug-likeness (QED) is 0.227. The molecule has 1 amide bonds. The molecule has 1 aromatic heterocycles. The zero-order valence-corrected chi connectivity index (χ0v) is 19.2. The number of anilines is 1. The number of benzene rings is 1. The predicted octanol–water partition coefficient (Wildman–Crippen LogP) is 2.68. The molecule has 0 aliphatic heterocycles. The number of nitrogens with one attached hydrogen (secondary N) is 1. The van der Waals surface area contributed by atoms with Crippen molar-refractivity contribution in [2.45, 2.75) is 11.6 Å². The number of halogens is 1. The van der Waals surface area contributed by atoms with E-state index in [9.17, 15) is 4.79 Å². The molecule has 164 valence electrons. The van der Waals surface area contributed by atoms with Crippen molar-refractivity contribution < 1.29 is 19.0 Å². The summed E-state index contributed by atoms with van der Waals surface area (Å²) in [4.78, 5) is 22.6. The molecule has 1 heterocycles. The van der Waals surface area contributed by atoms with Gasteiger partial charge in [-0.3, -0.25) is 4.79 Å². The van der Waals surface area contributed by atoms with Crippen LogP contribution in [0.4, 0.5) is 5.82 Å². The molecular weight excluding hydrogens is 428 g/mol. The largest absolute Gasteiger partial charge is 0.493 e. The molecule has 0 radical (unpaired) electrons. The number of likely N-dealkylation sites (N-methyl/N-ethyl adjacent to an activating group) is 1. The van der Waals surface area contributed by atoms with Gasteiger partial charge in [0.1, 0.15) is 11.0 Å². The Hall–Kier alpha value is -2.23. The van der Waals surface area contributed by atoms with E-state index >= 15 is 0 Å². The summed E-state index contributed by atoms with van der Waals surface area (Å²) in [5.74, 6) is 2.19. The number of carbonyl (C=O) groups excluding carboxylic acids is 1. The van der Waals surface area contributed by atoms with E-state index in [1.54, 1.807) is 27.4 Å². The van der Waals surface area contributed by atoms with Gasteiger partial charge in [-0.15, -0.1) is 0 Å². The molecule has 2 aromatic rings. The fourth-order valence-electron chi connectivity index (χ4n) is 2.57. The molecule has 0 spiro atoms. The highest BCUT2D eigenvalue weighted by molar-refractivity contribution is 7.99. The Morgan fingerprint density at radius 1 is 1.17 bits per heavy atom. The molecule has 0 aliphatic rings. The molecule has 1 N–H and O–H groups in total. The maximum atomic E-state index is 11.8. The van der Waals surface area contributed by atoms with E-state index in [-0.39, 0.29) is 11.7 Å². The van der Waals surface area contributed by atoms with Crippen LogP contribution >= 0.6 is 23.4 Å². The van der Waals surface area contributed by atoms with Gasteiger partial charge in [0.15, 0.2) is 16.7 Å². The van der Waals surface area contributed by atoms with Gasteiger partial charge in [0.2, 0.25) is 5.91 Å². The topological polar surface area (TPSA) is 85.8 Å². The number of hydrogen-bond donors (Lipinski definition) is 1. The van der Waals surface area contributed by atoms with Crippen molar-refractivity contribution in [1.29, 1.82) is 0 Å². The number of nitrogens with zero attached hydrogens (tertiary/aromatic N) is 3. The molecule has 0 saturated carbocycles. The molecular formula is C20H27ClN4O4S. The number of methoxy groups -OCH3 is 3. The standard InChI is InChI=1S/C20H27ClN4O4S/c1-25(9-7-14-5-6-15(28-3)16(11-14)29-4)18-12-17(21)23-20(24-18)30-13-19(26)22-8-10-27-2/h5-6,11-12H,7-10,13H2,1-4H3,(H,22,26). The minimum Gasteiger partial charge on any atom is -0.493 e. The SMILES string of the molecule is COCCNC(=O)CSc1nc(Cl)cc(N(C)CCc2ccc(OC)c(OC)c2)n1. The number of amides is 1. The molecule has 0 fully saturated rings. The Morgan fingerprint density at radius 2 is 1.93 bits per heavy atom.